The van der Waals surface area contributed by atoms with E-state index in [1.807, 2.05) is 37.3 Å². The van der Waals surface area contributed by atoms with E-state index in [1.54, 1.807) is 31.4 Å². The van der Waals surface area contributed by atoms with Crippen LogP contribution < -0.4 is 29.6 Å². The maximum atomic E-state index is 12.1. The van der Waals surface area contributed by atoms with Crippen molar-refractivity contribution in [2.24, 2.45) is 0 Å². The van der Waals surface area contributed by atoms with Gasteiger partial charge in [-0.15, -0.1) is 10.2 Å². The average Bonchev–Trinajstić information content (AvgIpc) is 2.83. The largest absolute Gasteiger partial charge is 0.497 e. The van der Waals surface area contributed by atoms with Crippen molar-refractivity contribution in [1.82, 2.24) is 15.5 Å². The molecule has 0 atom stereocenters. The summed E-state index contributed by atoms with van der Waals surface area (Å²) in [4.78, 5) is 12.1. The minimum atomic E-state index is -0.392. The number of nitrogens with one attached hydrogen (secondary N) is 2. The molecule has 0 aliphatic rings. The summed E-state index contributed by atoms with van der Waals surface area (Å²) in [7, 11) is 3.08. The SMILES string of the molecule is CCOc1ccc(-c2ccc(OCCNC(=O)Nc3cc(OC)ccc3OC)nn2)cc1. The third-order valence-corrected chi connectivity index (χ3v) is 4.39. The Balaban J connectivity index is 1.45. The summed E-state index contributed by atoms with van der Waals surface area (Å²) in [6, 6.07) is 15.9. The van der Waals surface area contributed by atoms with Crippen molar-refractivity contribution in [1.29, 1.82) is 0 Å². The molecule has 3 rings (SSSR count). The second-order valence-corrected chi connectivity index (χ2v) is 6.51. The fourth-order valence-electron chi connectivity index (χ4n) is 2.84. The molecule has 0 aliphatic heterocycles. The van der Waals surface area contributed by atoms with Gasteiger partial charge in [-0.3, -0.25) is 0 Å². The normalized spacial score (nSPS) is 10.2. The van der Waals surface area contributed by atoms with Crippen molar-refractivity contribution < 1.29 is 23.7 Å². The van der Waals surface area contributed by atoms with E-state index in [9.17, 15) is 4.79 Å². The molecule has 0 unspecified atom stereocenters. The molecule has 0 aliphatic carbocycles. The van der Waals surface area contributed by atoms with Crippen LogP contribution >= 0.6 is 0 Å². The lowest BCUT2D eigenvalue weighted by molar-refractivity contribution is 0.246. The quantitative estimate of drug-likeness (QED) is 0.465. The number of benzene rings is 2. The van der Waals surface area contributed by atoms with E-state index in [0.29, 0.717) is 29.7 Å². The van der Waals surface area contributed by atoms with Crippen LogP contribution in [0.3, 0.4) is 0 Å². The van der Waals surface area contributed by atoms with Crippen LogP contribution in [0.5, 0.6) is 23.1 Å². The zero-order valence-corrected chi connectivity index (χ0v) is 18.3. The number of anilines is 1. The summed E-state index contributed by atoms with van der Waals surface area (Å²) in [5.74, 6) is 2.32. The molecule has 0 fully saturated rings. The summed E-state index contributed by atoms with van der Waals surface area (Å²) in [5, 5.41) is 13.7. The van der Waals surface area contributed by atoms with Crippen LogP contribution in [0.1, 0.15) is 6.92 Å². The highest BCUT2D eigenvalue weighted by Gasteiger charge is 2.09. The molecule has 9 heteroatoms. The maximum Gasteiger partial charge on any atom is 0.319 e. The van der Waals surface area contributed by atoms with Gasteiger partial charge in [0.25, 0.3) is 0 Å². The van der Waals surface area contributed by atoms with Gasteiger partial charge in [-0.25, -0.2) is 4.79 Å². The van der Waals surface area contributed by atoms with E-state index in [-0.39, 0.29) is 13.2 Å². The first kappa shape index (κ1) is 22.7. The number of urea groups is 1. The zero-order valence-electron chi connectivity index (χ0n) is 18.3. The monoisotopic (exact) mass is 438 g/mol. The minimum absolute atomic E-state index is 0.236. The number of carbonyl (C=O) groups excluding carboxylic acids is 1. The van der Waals surface area contributed by atoms with Gasteiger partial charge in [0.05, 0.1) is 38.8 Å². The number of aromatic nitrogens is 2. The highest BCUT2D eigenvalue weighted by molar-refractivity contribution is 5.91. The van der Waals surface area contributed by atoms with Gasteiger partial charge in [0.1, 0.15) is 23.9 Å². The minimum Gasteiger partial charge on any atom is -0.497 e. The van der Waals surface area contributed by atoms with E-state index in [0.717, 1.165) is 17.0 Å². The number of rotatable bonds is 10. The number of methoxy groups -OCH3 is 2. The van der Waals surface area contributed by atoms with E-state index in [2.05, 4.69) is 20.8 Å². The van der Waals surface area contributed by atoms with Crippen molar-refractivity contribution in [3.8, 4) is 34.4 Å². The van der Waals surface area contributed by atoms with E-state index >= 15 is 0 Å². The Morgan fingerprint density at radius 2 is 1.69 bits per heavy atom. The van der Waals surface area contributed by atoms with E-state index < -0.39 is 6.03 Å². The molecular weight excluding hydrogens is 412 g/mol. The van der Waals surface area contributed by atoms with Gasteiger partial charge in [0.2, 0.25) is 5.88 Å². The zero-order chi connectivity index (χ0) is 22.8. The van der Waals surface area contributed by atoms with Crippen molar-refractivity contribution in [3.05, 3.63) is 54.6 Å². The Hall–Kier alpha value is -4.01. The van der Waals surface area contributed by atoms with Crippen LogP contribution in [0.15, 0.2) is 54.6 Å². The predicted molar refractivity (Wildman–Crippen MR) is 121 cm³/mol. The lowest BCUT2D eigenvalue weighted by Gasteiger charge is -2.12. The first-order chi connectivity index (χ1) is 15.6. The first-order valence-electron chi connectivity index (χ1n) is 10.1. The third-order valence-electron chi connectivity index (χ3n) is 4.39. The Bertz CT molecular complexity index is 1010. The first-order valence-corrected chi connectivity index (χ1v) is 10.1. The van der Waals surface area contributed by atoms with Crippen LogP contribution in [0.4, 0.5) is 10.5 Å². The highest BCUT2D eigenvalue weighted by atomic mass is 16.5. The van der Waals surface area contributed by atoms with E-state index in [1.165, 1.54) is 7.11 Å². The number of hydrogen-bond donors (Lipinski definition) is 2. The fourth-order valence-corrected chi connectivity index (χ4v) is 2.84. The standard InChI is InChI=1S/C23H26N4O5/c1-4-31-17-7-5-16(6-8-17)19-10-12-22(27-26-19)32-14-13-24-23(28)25-20-15-18(29-2)9-11-21(20)30-3/h5-12,15H,4,13-14H2,1-3H3,(H2,24,25,28). The summed E-state index contributed by atoms with van der Waals surface area (Å²) in [6.45, 7) is 3.08. The Morgan fingerprint density at radius 3 is 2.34 bits per heavy atom. The van der Waals surface area contributed by atoms with Crippen molar-refractivity contribution in [3.63, 3.8) is 0 Å². The highest BCUT2D eigenvalue weighted by Crippen LogP contribution is 2.28. The molecule has 2 aromatic carbocycles. The van der Waals surface area contributed by atoms with Gasteiger partial charge in [0, 0.05) is 17.7 Å². The lowest BCUT2D eigenvalue weighted by Crippen LogP contribution is -2.32. The molecule has 0 bridgehead atoms. The fraction of sp³-hybridized carbons (Fsp3) is 0.261. The maximum absolute atomic E-state index is 12.1. The molecule has 3 aromatic rings. The van der Waals surface area contributed by atoms with Gasteiger partial charge in [-0.1, -0.05) is 0 Å². The Labute approximate surface area is 186 Å². The lowest BCUT2D eigenvalue weighted by atomic mass is 10.1. The Kier molecular flexibility index (Phi) is 8.08. The van der Waals surface area contributed by atoms with Crippen LogP contribution in [0.2, 0.25) is 0 Å². The number of carbonyl (C=O) groups is 1. The van der Waals surface area contributed by atoms with Crippen LogP contribution in [0.25, 0.3) is 11.3 Å². The van der Waals surface area contributed by atoms with Crippen molar-refractivity contribution >= 4 is 11.7 Å². The number of ether oxygens (including phenoxy) is 4. The Morgan fingerprint density at radius 1 is 0.906 bits per heavy atom. The summed E-state index contributed by atoms with van der Waals surface area (Å²) >= 11 is 0. The molecule has 2 amide bonds. The molecule has 2 N–H and O–H groups in total. The van der Waals surface area contributed by atoms with Gasteiger partial charge >= 0.3 is 6.03 Å². The van der Waals surface area contributed by atoms with Gasteiger partial charge < -0.3 is 29.6 Å². The van der Waals surface area contributed by atoms with Gasteiger partial charge in [0.15, 0.2) is 0 Å². The second-order valence-electron chi connectivity index (χ2n) is 6.51. The summed E-state index contributed by atoms with van der Waals surface area (Å²) in [5.41, 5.74) is 2.16. The van der Waals surface area contributed by atoms with Crippen LogP contribution in [0, 0.1) is 0 Å². The number of nitrogens with zero attached hydrogens (tertiary/aromatic N) is 2. The molecule has 0 radical (unpaired) electrons. The summed E-state index contributed by atoms with van der Waals surface area (Å²) < 4.78 is 21.4. The second kappa shape index (κ2) is 11.4. The molecule has 168 valence electrons. The molecule has 1 aromatic heterocycles. The smallest absolute Gasteiger partial charge is 0.319 e. The topological polar surface area (TPSA) is 104 Å². The molecule has 1 heterocycles. The molecule has 0 saturated heterocycles. The predicted octanol–water partition coefficient (Wildman–Crippen LogP) is 3.76. The molecular formula is C23H26N4O5. The molecule has 9 nitrogen and oxygen atoms in total. The van der Waals surface area contributed by atoms with Crippen LogP contribution in [-0.2, 0) is 0 Å². The number of amides is 2. The van der Waals surface area contributed by atoms with Gasteiger partial charge in [-0.2, -0.15) is 0 Å². The third kappa shape index (κ3) is 6.24. The van der Waals surface area contributed by atoms with E-state index in [4.69, 9.17) is 18.9 Å². The molecule has 32 heavy (non-hydrogen) atoms. The van der Waals surface area contributed by atoms with Gasteiger partial charge in [-0.05, 0) is 49.4 Å². The molecule has 0 spiro atoms. The van der Waals surface area contributed by atoms with Crippen molar-refractivity contribution in [2.45, 2.75) is 6.92 Å². The summed E-state index contributed by atoms with van der Waals surface area (Å²) in [6.07, 6.45) is 0. The average molecular weight is 438 g/mol. The number of hydrogen-bond acceptors (Lipinski definition) is 7. The van der Waals surface area contributed by atoms with Crippen LogP contribution in [-0.4, -0.2) is 50.2 Å². The molecule has 0 saturated carbocycles. The van der Waals surface area contributed by atoms with Crippen molar-refractivity contribution in [2.75, 3.05) is 39.3 Å².